The Bertz CT molecular complexity index is 258. The molecule has 0 rings (SSSR count). The number of hydrogen-bond acceptors (Lipinski definition) is 6. The maximum Gasteiger partial charge on any atom is 0.333 e. The summed E-state index contributed by atoms with van der Waals surface area (Å²) in [4.78, 5) is 21.8. The molecule has 0 aliphatic carbocycles. The van der Waals surface area contributed by atoms with E-state index in [1.165, 1.54) is 6.92 Å². The van der Waals surface area contributed by atoms with Crippen LogP contribution in [0.15, 0.2) is 12.2 Å². The second-order valence-corrected chi connectivity index (χ2v) is 3.16. The van der Waals surface area contributed by atoms with Gasteiger partial charge in [0.2, 0.25) is 0 Å². The second kappa shape index (κ2) is 7.84. The molecule has 0 aliphatic heterocycles. The van der Waals surface area contributed by atoms with Crippen LogP contribution in [0.25, 0.3) is 0 Å². The van der Waals surface area contributed by atoms with Crippen molar-refractivity contribution in [2.24, 2.45) is 0 Å². The summed E-state index contributed by atoms with van der Waals surface area (Å²) >= 11 is 0. The molecule has 0 atom stereocenters. The van der Waals surface area contributed by atoms with E-state index in [2.05, 4.69) is 16.1 Å². The first-order valence-corrected chi connectivity index (χ1v) is 4.78. The molecule has 6 nitrogen and oxygen atoms in total. The Morgan fingerprint density at radius 2 is 1.81 bits per heavy atom. The minimum Gasteiger partial charge on any atom is -0.462 e. The highest BCUT2D eigenvalue weighted by Gasteiger charge is 2.07. The van der Waals surface area contributed by atoms with Crippen molar-refractivity contribution in [2.75, 3.05) is 13.2 Å². The molecule has 16 heavy (non-hydrogen) atoms. The van der Waals surface area contributed by atoms with Gasteiger partial charge in [-0.25, -0.2) is 4.79 Å². The molecular formula is C10H16O6. The lowest BCUT2D eigenvalue weighted by atomic mass is 10.3. The predicted octanol–water partition coefficient (Wildman–Crippen LogP) is -0.260. The Hall–Kier alpha value is -1.40. The van der Waals surface area contributed by atoms with Crippen LogP contribution in [0, 0.1) is 0 Å². The molecule has 0 aromatic carbocycles. The molecule has 0 fully saturated rings. The molecule has 0 bridgehead atoms. The van der Waals surface area contributed by atoms with Gasteiger partial charge in [0, 0.05) is 12.0 Å². The lowest BCUT2D eigenvalue weighted by molar-refractivity contribution is -0.151. The average molecular weight is 232 g/mol. The molecule has 0 aromatic heterocycles. The third-order valence-corrected chi connectivity index (χ3v) is 1.53. The van der Waals surface area contributed by atoms with E-state index in [1.807, 2.05) is 0 Å². The van der Waals surface area contributed by atoms with Crippen LogP contribution < -0.4 is 0 Å². The molecule has 0 aromatic rings. The van der Waals surface area contributed by atoms with Crippen molar-refractivity contribution in [1.82, 2.24) is 0 Å². The normalized spacial score (nSPS) is 10.0. The van der Waals surface area contributed by atoms with Gasteiger partial charge in [0.25, 0.3) is 0 Å². The Balaban J connectivity index is 3.48. The quantitative estimate of drug-likeness (QED) is 0.272. The Morgan fingerprint density at radius 3 is 2.31 bits per heavy atom. The van der Waals surface area contributed by atoms with Gasteiger partial charge in [-0.05, 0) is 6.92 Å². The molecular weight excluding hydrogens is 216 g/mol. The summed E-state index contributed by atoms with van der Waals surface area (Å²) < 4.78 is 9.32. The fourth-order valence-corrected chi connectivity index (χ4v) is 0.732. The van der Waals surface area contributed by atoms with Gasteiger partial charge in [0.15, 0.2) is 6.29 Å². The third kappa shape index (κ3) is 7.95. The molecule has 92 valence electrons. The third-order valence-electron chi connectivity index (χ3n) is 1.53. The summed E-state index contributed by atoms with van der Waals surface area (Å²) in [6.45, 7) is 4.79. The molecule has 0 heterocycles. The van der Waals surface area contributed by atoms with Gasteiger partial charge >= 0.3 is 11.9 Å². The lowest BCUT2D eigenvalue weighted by Crippen LogP contribution is -2.15. The fraction of sp³-hybridized carbons (Fsp3) is 0.600. The first-order valence-electron chi connectivity index (χ1n) is 4.78. The highest BCUT2D eigenvalue weighted by atomic mass is 16.6. The topological polar surface area (TPSA) is 93.1 Å². The number of carbonyl (C=O) groups excluding carboxylic acids is 2. The van der Waals surface area contributed by atoms with Crippen LogP contribution in [0.2, 0.25) is 0 Å². The van der Waals surface area contributed by atoms with Gasteiger partial charge in [0.1, 0.15) is 13.2 Å². The van der Waals surface area contributed by atoms with Crippen molar-refractivity contribution in [3.63, 3.8) is 0 Å². The standard InChI is InChI=1S/C10H16O6/c1-7(2)10(14)16-6-5-15-9(13)4-3-8(11)12/h8,11-12H,1,3-6H2,2H3. The van der Waals surface area contributed by atoms with E-state index < -0.39 is 18.2 Å². The van der Waals surface area contributed by atoms with Crippen LogP contribution in [0.1, 0.15) is 19.8 Å². The van der Waals surface area contributed by atoms with E-state index >= 15 is 0 Å². The van der Waals surface area contributed by atoms with Crippen molar-refractivity contribution in [1.29, 1.82) is 0 Å². The monoisotopic (exact) mass is 232 g/mol. The Morgan fingerprint density at radius 1 is 1.25 bits per heavy atom. The molecule has 0 radical (unpaired) electrons. The van der Waals surface area contributed by atoms with Crippen molar-refractivity contribution in [2.45, 2.75) is 26.1 Å². The summed E-state index contributed by atoms with van der Waals surface area (Å²) in [5, 5.41) is 17.0. The Kier molecular flexibility index (Phi) is 7.15. The van der Waals surface area contributed by atoms with Crippen LogP contribution in [0.4, 0.5) is 0 Å². The first-order chi connectivity index (χ1) is 7.43. The van der Waals surface area contributed by atoms with Gasteiger partial charge in [0.05, 0.1) is 6.42 Å². The van der Waals surface area contributed by atoms with Gasteiger partial charge in [-0.2, -0.15) is 0 Å². The Labute approximate surface area is 93.5 Å². The second-order valence-electron chi connectivity index (χ2n) is 3.16. The summed E-state index contributed by atoms with van der Waals surface area (Å²) in [7, 11) is 0. The molecule has 0 saturated heterocycles. The van der Waals surface area contributed by atoms with Crippen LogP contribution >= 0.6 is 0 Å². The summed E-state index contributed by atoms with van der Waals surface area (Å²) in [5.74, 6) is -1.11. The number of carbonyl (C=O) groups is 2. The maximum atomic E-state index is 10.9. The number of aliphatic hydroxyl groups is 2. The largest absolute Gasteiger partial charge is 0.462 e. The molecule has 0 amide bonds. The fourth-order valence-electron chi connectivity index (χ4n) is 0.732. The van der Waals surface area contributed by atoms with Gasteiger partial charge in [-0.3, -0.25) is 4.79 Å². The van der Waals surface area contributed by atoms with Gasteiger partial charge < -0.3 is 19.7 Å². The molecule has 6 heteroatoms. The number of esters is 2. The van der Waals surface area contributed by atoms with Gasteiger partial charge in [-0.1, -0.05) is 6.58 Å². The molecule has 2 N–H and O–H groups in total. The predicted molar refractivity (Wildman–Crippen MR) is 54.2 cm³/mol. The summed E-state index contributed by atoms with van der Waals surface area (Å²) in [6, 6.07) is 0. The van der Waals surface area contributed by atoms with Crippen LogP contribution in [-0.4, -0.2) is 41.7 Å². The molecule has 0 unspecified atom stereocenters. The smallest absolute Gasteiger partial charge is 0.333 e. The van der Waals surface area contributed by atoms with Crippen LogP contribution in [0.5, 0.6) is 0 Å². The number of aliphatic hydroxyl groups excluding tert-OH is 1. The SMILES string of the molecule is C=C(C)C(=O)OCCOC(=O)CCC(O)O. The van der Waals surface area contributed by atoms with Crippen molar-refractivity contribution in [3.05, 3.63) is 12.2 Å². The summed E-state index contributed by atoms with van der Waals surface area (Å²) in [5.41, 5.74) is 0.273. The minimum atomic E-state index is -1.52. The maximum absolute atomic E-state index is 10.9. The molecule has 0 saturated carbocycles. The zero-order valence-electron chi connectivity index (χ0n) is 9.14. The molecule has 0 aliphatic rings. The van der Waals surface area contributed by atoms with Crippen molar-refractivity contribution < 1.29 is 29.3 Å². The zero-order chi connectivity index (χ0) is 12.6. The van der Waals surface area contributed by atoms with E-state index in [4.69, 9.17) is 10.2 Å². The van der Waals surface area contributed by atoms with Crippen molar-refractivity contribution in [3.8, 4) is 0 Å². The van der Waals surface area contributed by atoms with E-state index in [0.29, 0.717) is 0 Å². The van der Waals surface area contributed by atoms with E-state index in [9.17, 15) is 9.59 Å². The highest BCUT2D eigenvalue weighted by Crippen LogP contribution is 1.97. The molecule has 0 spiro atoms. The zero-order valence-corrected chi connectivity index (χ0v) is 9.14. The van der Waals surface area contributed by atoms with Crippen LogP contribution in [0.3, 0.4) is 0 Å². The minimum absolute atomic E-state index is 0.0425. The number of rotatable bonds is 7. The average Bonchev–Trinajstić information content (AvgIpc) is 2.20. The van der Waals surface area contributed by atoms with E-state index in [0.717, 1.165) is 0 Å². The highest BCUT2D eigenvalue weighted by molar-refractivity contribution is 5.86. The number of ether oxygens (including phenoxy) is 2. The van der Waals surface area contributed by atoms with Gasteiger partial charge in [-0.15, -0.1) is 0 Å². The van der Waals surface area contributed by atoms with E-state index in [1.54, 1.807) is 0 Å². The van der Waals surface area contributed by atoms with E-state index in [-0.39, 0.29) is 31.6 Å². The lowest BCUT2D eigenvalue weighted by Gasteiger charge is -2.06. The number of hydrogen-bond donors (Lipinski definition) is 2. The first kappa shape index (κ1) is 14.6. The summed E-state index contributed by atoms with van der Waals surface area (Å²) in [6.07, 6.45) is -1.69. The van der Waals surface area contributed by atoms with Crippen molar-refractivity contribution >= 4 is 11.9 Å². The van der Waals surface area contributed by atoms with Crippen LogP contribution in [-0.2, 0) is 19.1 Å².